The fourth-order valence-electron chi connectivity index (χ4n) is 2.90. The molecule has 0 saturated heterocycles. The van der Waals surface area contributed by atoms with Crippen LogP contribution in [-0.4, -0.2) is 15.7 Å². The molecule has 0 unspecified atom stereocenters. The van der Waals surface area contributed by atoms with E-state index in [0.717, 1.165) is 28.4 Å². The first kappa shape index (κ1) is 17.7. The number of amides is 1. The second kappa shape index (κ2) is 7.87. The van der Waals surface area contributed by atoms with Crippen molar-refractivity contribution < 1.29 is 9.53 Å². The van der Waals surface area contributed by atoms with Crippen molar-refractivity contribution in [1.82, 2.24) is 9.78 Å². The molecule has 1 amide bonds. The minimum atomic E-state index is -0.0236. The van der Waals surface area contributed by atoms with Crippen molar-refractivity contribution in [3.63, 3.8) is 0 Å². The third kappa shape index (κ3) is 4.30. The number of rotatable bonds is 6. The molecule has 1 aromatic heterocycles. The maximum atomic E-state index is 12.3. The largest absolute Gasteiger partial charge is 0.457 e. The lowest BCUT2D eigenvalue weighted by molar-refractivity contribution is -0.116. The Labute approximate surface area is 153 Å². The summed E-state index contributed by atoms with van der Waals surface area (Å²) in [5, 5.41) is 7.33. The lowest BCUT2D eigenvalue weighted by Crippen LogP contribution is -2.12. The summed E-state index contributed by atoms with van der Waals surface area (Å²) >= 11 is 0. The molecule has 5 heteroatoms. The number of nitrogens with zero attached hydrogens (tertiary/aromatic N) is 2. The van der Waals surface area contributed by atoms with Gasteiger partial charge in [-0.3, -0.25) is 9.48 Å². The standard InChI is InChI=1S/C21H23N3O2/c1-15-20(16(2)24(3)23-15)12-13-21(25)22-17-8-7-11-19(14-17)26-18-9-5-4-6-10-18/h4-11,14H,12-13H2,1-3H3,(H,22,25). The monoisotopic (exact) mass is 349 g/mol. The van der Waals surface area contributed by atoms with Crippen molar-refractivity contribution in [3.8, 4) is 11.5 Å². The van der Waals surface area contributed by atoms with E-state index in [4.69, 9.17) is 4.74 Å². The lowest BCUT2D eigenvalue weighted by Gasteiger charge is -2.09. The Morgan fingerprint density at radius 1 is 1.08 bits per heavy atom. The van der Waals surface area contributed by atoms with E-state index in [1.807, 2.05) is 80.2 Å². The summed E-state index contributed by atoms with van der Waals surface area (Å²) in [5.41, 5.74) is 3.96. The number of benzene rings is 2. The molecule has 0 fully saturated rings. The number of nitrogens with one attached hydrogen (secondary N) is 1. The third-order valence-electron chi connectivity index (χ3n) is 4.36. The summed E-state index contributed by atoms with van der Waals surface area (Å²) < 4.78 is 7.66. The molecule has 2 aromatic carbocycles. The molecule has 0 aliphatic rings. The highest BCUT2D eigenvalue weighted by atomic mass is 16.5. The van der Waals surface area contributed by atoms with Gasteiger partial charge in [-0.25, -0.2) is 0 Å². The number of hydrogen-bond acceptors (Lipinski definition) is 3. The van der Waals surface area contributed by atoms with E-state index in [-0.39, 0.29) is 5.91 Å². The molecule has 26 heavy (non-hydrogen) atoms. The van der Waals surface area contributed by atoms with Crippen LogP contribution in [0.1, 0.15) is 23.4 Å². The number of hydrogen-bond donors (Lipinski definition) is 1. The molecule has 0 saturated carbocycles. The van der Waals surface area contributed by atoms with Crippen molar-refractivity contribution in [2.24, 2.45) is 7.05 Å². The third-order valence-corrected chi connectivity index (χ3v) is 4.36. The molecular weight excluding hydrogens is 326 g/mol. The topological polar surface area (TPSA) is 56.2 Å². The molecule has 0 spiro atoms. The Balaban J connectivity index is 1.60. The highest BCUT2D eigenvalue weighted by molar-refractivity contribution is 5.91. The van der Waals surface area contributed by atoms with Gasteiger partial charge in [0.25, 0.3) is 0 Å². The molecule has 0 radical (unpaired) electrons. The predicted octanol–water partition coefficient (Wildman–Crippen LogP) is 4.40. The van der Waals surface area contributed by atoms with Crippen molar-refractivity contribution in [1.29, 1.82) is 0 Å². The fourth-order valence-corrected chi connectivity index (χ4v) is 2.90. The van der Waals surface area contributed by atoms with E-state index in [1.54, 1.807) is 0 Å². The van der Waals surface area contributed by atoms with Gasteiger partial charge in [0.15, 0.2) is 0 Å². The molecule has 0 atom stereocenters. The molecular formula is C21H23N3O2. The Kier molecular flexibility index (Phi) is 5.37. The molecule has 1 heterocycles. The van der Waals surface area contributed by atoms with Gasteiger partial charge in [-0.05, 0) is 50.1 Å². The van der Waals surface area contributed by atoms with Gasteiger partial charge in [-0.1, -0.05) is 24.3 Å². The summed E-state index contributed by atoms with van der Waals surface area (Å²) in [4.78, 5) is 12.3. The van der Waals surface area contributed by atoms with E-state index in [0.29, 0.717) is 18.6 Å². The maximum Gasteiger partial charge on any atom is 0.224 e. The Bertz CT molecular complexity index is 901. The van der Waals surface area contributed by atoms with Crippen LogP contribution in [0.5, 0.6) is 11.5 Å². The Morgan fingerprint density at radius 3 is 2.50 bits per heavy atom. The van der Waals surface area contributed by atoms with Gasteiger partial charge in [0.2, 0.25) is 5.91 Å². The number of para-hydroxylation sites is 1. The normalized spacial score (nSPS) is 10.6. The van der Waals surface area contributed by atoms with E-state index in [1.165, 1.54) is 0 Å². The van der Waals surface area contributed by atoms with Crippen LogP contribution >= 0.6 is 0 Å². The van der Waals surface area contributed by atoms with Crippen LogP contribution in [0.15, 0.2) is 54.6 Å². The number of aromatic nitrogens is 2. The van der Waals surface area contributed by atoms with E-state index in [9.17, 15) is 4.79 Å². The number of aryl methyl sites for hydroxylation is 2. The summed E-state index contributed by atoms with van der Waals surface area (Å²) in [5.74, 6) is 1.43. The first-order valence-electron chi connectivity index (χ1n) is 8.65. The van der Waals surface area contributed by atoms with Gasteiger partial charge in [-0.15, -0.1) is 0 Å². The summed E-state index contributed by atoms with van der Waals surface area (Å²) in [7, 11) is 1.92. The molecule has 3 aromatic rings. The quantitative estimate of drug-likeness (QED) is 0.717. The number of carbonyl (C=O) groups excluding carboxylic acids is 1. The molecule has 3 rings (SSSR count). The second-order valence-corrected chi connectivity index (χ2v) is 6.26. The van der Waals surface area contributed by atoms with Crippen LogP contribution in [0.4, 0.5) is 5.69 Å². The molecule has 0 aliphatic heterocycles. The fraction of sp³-hybridized carbons (Fsp3) is 0.238. The number of anilines is 1. The first-order valence-corrected chi connectivity index (χ1v) is 8.65. The van der Waals surface area contributed by atoms with Crippen LogP contribution in [0.2, 0.25) is 0 Å². The van der Waals surface area contributed by atoms with Crippen molar-refractivity contribution in [2.75, 3.05) is 5.32 Å². The van der Waals surface area contributed by atoms with Crippen LogP contribution in [0.3, 0.4) is 0 Å². The van der Waals surface area contributed by atoms with Gasteiger partial charge in [0.05, 0.1) is 5.69 Å². The molecule has 134 valence electrons. The summed E-state index contributed by atoms with van der Waals surface area (Å²) in [6.07, 6.45) is 1.09. The van der Waals surface area contributed by atoms with Crippen molar-refractivity contribution >= 4 is 11.6 Å². The Hall–Kier alpha value is -3.08. The van der Waals surface area contributed by atoms with Crippen molar-refractivity contribution in [2.45, 2.75) is 26.7 Å². The van der Waals surface area contributed by atoms with Gasteiger partial charge in [0.1, 0.15) is 11.5 Å². The minimum Gasteiger partial charge on any atom is -0.457 e. The van der Waals surface area contributed by atoms with Crippen LogP contribution < -0.4 is 10.1 Å². The average Bonchev–Trinajstić information content (AvgIpc) is 2.86. The minimum absolute atomic E-state index is 0.0236. The van der Waals surface area contributed by atoms with Crippen LogP contribution in [0, 0.1) is 13.8 Å². The highest BCUT2D eigenvalue weighted by Crippen LogP contribution is 2.24. The second-order valence-electron chi connectivity index (χ2n) is 6.26. The van der Waals surface area contributed by atoms with E-state index >= 15 is 0 Å². The molecule has 0 aliphatic carbocycles. The van der Waals surface area contributed by atoms with E-state index < -0.39 is 0 Å². The molecule has 5 nitrogen and oxygen atoms in total. The zero-order valence-corrected chi connectivity index (χ0v) is 15.3. The zero-order valence-electron chi connectivity index (χ0n) is 15.3. The average molecular weight is 349 g/mol. The van der Waals surface area contributed by atoms with Gasteiger partial charge in [0, 0.05) is 30.9 Å². The summed E-state index contributed by atoms with van der Waals surface area (Å²) in [6, 6.07) is 17.0. The van der Waals surface area contributed by atoms with Gasteiger partial charge in [-0.2, -0.15) is 5.10 Å². The number of carbonyl (C=O) groups is 1. The van der Waals surface area contributed by atoms with E-state index in [2.05, 4.69) is 10.4 Å². The first-order chi connectivity index (χ1) is 12.5. The lowest BCUT2D eigenvalue weighted by atomic mass is 10.1. The molecule has 1 N–H and O–H groups in total. The SMILES string of the molecule is Cc1nn(C)c(C)c1CCC(=O)Nc1cccc(Oc2ccccc2)c1. The zero-order chi connectivity index (χ0) is 18.5. The van der Waals surface area contributed by atoms with Gasteiger partial charge < -0.3 is 10.1 Å². The van der Waals surface area contributed by atoms with Gasteiger partial charge >= 0.3 is 0 Å². The maximum absolute atomic E-state index is 12.3. The molecule has 0 bridgehead atoms. The number of ether oxygens (including phenoxy) is 1. The predicted molar refractivity (Wildman–Crippen MR) is 103 cm³/mol. The van der Waals surface area contributed by atoms with Crippen LogP contribution in [0.25, 0.3) is 0 Å². The highest BCUT2D eigenvalue weighted by Gasteiger charge is 2.11. The van der Waals surface area contributed by atoms with Crippen LogP contribution in [-0.2, 0) is 18.3 Å². The van der Waals surface area contributed by atoms with Crippen molar-refractivity contribution in [3.05, 3.63) is 71.5 Å². The Morgan fingerprint density at radius 2 is 1.81 bits per heavy atom. The summed E-state index contributed by atoms with van der Waals surface area (Å²) in [6.45, 7) is 4.00. The smallest absolute Gasteiger partial charge is 0.224 e.